The van der Waals surface area contributed by atoms with Crippen LogP contribution in [0.4, 0.5) is 11.5 Å². The lowest BCUT2D eigenvalue weighted by atomic mass is 10.2. The fraction of sp³-hybridized carbons (Fsp3) is 0.286. The van der Waals surface area contributed by atoms with Crippen LogP contribution in [0.2, 0.25) is 0 Å². The molecular formula is C21H24N4O. The molecule has 5 nitrogen and oxygen atoms in total. The van der Waals surface area contributed by atoms with Crippen molar-refractivity contribution in [1.29, 1.82) is 0 Å². The highest BCUT2D eigenvalue weighted by Crippen LogP contribution is 2.22. The number of fused-ring (bicyclic) bond motifs is 1. The zero-order valence-corrected chi connectivity index (χ0v) is 15.3. The number of para-hydroxylation sites is 1. The van der Waals surface area contributed by atoms with E-state index in [0.717, 1.165) is 48.8 Å². The summed E-state index contributed by atoms with van der Waals surface area (Å²) >= 11 is 0. The molecule has 1 aliphatic heterocycles. The van der Waals surface area contributed by atoms with Crippen LogP contribution < -0.4 is 10.2 Å². The monoisotopic (exact) mass is 348 g/mol. The predicted molar refractivity (Wildman–Crippen MR) is 106 cm³/mol. The van der Waals surface area contributed by atoms with Crippen LogP contribution in [0.5, 0.6) is 0 Å². The van der Waals surface area contributed by atoms with E-state index < -0.39 is 0 Å². The summed E-state index contributed by atoms with van der Waals surface area (Å²) in [5.41, 5.74) is 3.67. The molecule has 1 N–H and O–H groups in total. The maximum absolute atomic E-state index is 12.7. The Morgan fingerprint density at radius 2 is 1.69 bits per heavy atom. The highest BCUT2D eigenvalue weighted by atomic mass is 16.1. The molecule has 0 radical (unpaired) electrons. The number of benzene rings is 1. The van der Waals surface area contributed by atoms with E-state index in [2.05, 4.69) is 38.7 Å². The second kappa shape index (κ2) is 6.84. The first kappa shape index (κ1) is 16.7. The number of aryl methyl sites for hydroxylation is 1. The standard InChI is InChI=1S/C21H24N4O/c1-16-5-3-4-6-19(16)22-21(26)17-7-8-18-9-10-20(25(18)15-17)24-13-11-23(2)12-14-24/h3-10,15H,11-14H2,1-2H3,(H,22,26). The number of likely N-dealkylation sites (N-methyl/N-ethyl adjacent to an activating group) is 1. The van der Waals surface area contributed by atoms with Crippen LogP contribution in [-0.4, -0.2) is 48.4 Å². The van der Waals surface area contributed by atoms with Gasteiger partial charge in [-0.25, -0.2) is 0 Å². The molecule has 5 heteroatoms. The van der Waals surface area contributed by atoms with Crippen molar-refractivity contribution < 1.29 is 4.79 Å². The maximum Gasteiger partial charge on any atom is 0.257 e. The Bertz CT molecular complexity index is 938. The molecule has 3 aromatic rings. The van der Waals surface area contributed by atoms with Crippen LogP contribution in [0.1, 0.15) is 15.9 Å². The summed E-state index contributed by atoms with van der Waals surface area (Å²) in [6.07, 6.45) is 1.94. The second-order valence-electron chi connectivity index (χ2n) is 6.96. The number of anilines is 2. The van der Waals surface area contributed by atoms with Crippen LogP contribution in [-0.2, 0) is 0 Å². The maximum atomic E-state index is 12.7. The van der Waals surface area contributed by atoms with Gasteiger partial charge in [-0.05, 0) is 49.9 Å². The van der Waals surface area contributed by atoms with Gasteiger partial charge >= 0.3 is 0 Å². The lowest BCUT2D eigenvalue weighted by molar-refractivity contribution is 0.102. The van der Waals surface area contributed by atoms with E-state index in [0.29, 0.717) is 5.56 Å². The van der Waals surface area contributed by atoms with Gasteiger partial charge in [-0.3, -0.25) is 4.79 Å². The average molecular weight is 348 g/mol. The summed E-state index contributed by atoms with van der Waals surface area (Å²) in [6, 6.07) is 16.0. The van der Waals surface area contributed by atoms with Crippen molar-refractivity contribution >= 4 is 22.9 Å². The minimum atomic E-state index is -0.0840. The van der Waals surface area contributed by atoms with Gasteiger partial charge in [0.25, 0.3) is 5.91 Å². The first-order valence-electron chi connectivity index (χ1n) is 9.03. The number of nitrogens with one attached hydrogen (secondary N) is 1. The second-order valence-corrected chi connectivity index (χ2v) is 6.96. The molecule has 0 spiro atoms. The summed E-state index contributed by atoms with van der Waals surface area (Å²) in [5, 5.41) is 3.02. The van der Waals surface area contributed by atoms with E-state index in [-0.39, 0.29) is 5.91 Å². The van der Waals surface area contributed by atoms with Crippen LogP contribution >= 0.6 is 0 Å². The number of hydrogen-bond acceptors (Lipinski definition) is 3. The molecule has 1 fully saturated rings. The number of carbonyl (C=O) groups is 1. The fourth-order valence-corrected chi connectivity index (χ4v) is 3.42. The molecule has 1 amide bonds. The molecule has 0 aliphatic carbocycles. The van der Waals surface area contributed by atoms with E-state index in [1.165, 1.54) is 0 Å². The predicted octanol–water partition coefficient (Wildman–Crippen LogP) is 3.25. The zero-order chi connectivity index (χ0) is 18.1. The van der Waals surface area contributed by atoms with Gasteiger partial charge in [-0.1, -0.05) is 18.2 Å². The van der Waals surface area contributed by atoms with E-state index in [9.17, 15) is 4.79 Å². The summed E-state index contributed by atoms with van der Waals surface area (Å²) in [5.74, 6) is 1.07. The third-order valence-corrected chi connectivity index (χ3v) is 5.11. The SMILES string of the molecule is Cc1ccccc1NC(=O)c1ccc2ccc(N3CCN(C)CC3)n2c1. The van der Waals surface area contributed by atoms with Crippen molar-refractivity contribution in [3.63, 3.8) is 0 Å². The number of amides is 1. The van der Waals surface area contributed by atoms with Crippen molar-refractivity contribution in [2.45, 2.75) is 6.92 Å². The Hall–Kier alpha value is -2.79. The van der Waals surface area contributed by atoms with Crippen LogP contribution in [0, 0.1) is 6.92 Å². The van der Waals surface area contributed by atoms with Crippen LogP contribution in [0.3, 0.4) is 0 Å². The van der Waals surface area contributed by atoms with Crippen molar-refractivity contribution in [3.05, 3.63) is 65.9 Å². The highest BCUT2D eigenvalue weighted by Gasteiger charge is 2.17. The van der Waals surface area contributed by atoms with Crippen molar-refractivity contribution in [2.24, 2.45) is 0 Å². The molecule has 0 saturated carbocycles. The third kappa shape index (κ3) is 3.18. The molecule has 0 bridgehead atoms. The quantitative estimate of drug-likeness (QED) is 0.790. The summed E-state index contributed by atoms with van der Waals surface area (Å²) < 4.78 is 2.12. The fourth-order valence-electron chi connectivity index (χ4n) is 3.42. The van der Waals surface area contributed by atoms with Gasteiger partial charge in [-0.2, -0.15) is 0 Å². The van der Waals surface area contributed by atoms with Crippen molar-refractivity contribution in [1.82, 2.24) is 9.30 Å². The molecule has 0 atom stereocenters. The number of aromatic nitrogens is 1. The minimum absolute atomic E-state index is 0.0840. The first-order chi connectivity index (χ1) is 12.6. The Balaban J connectivity index is 1.61. The number of piperazine rings is 1. The van der Waals surface area contributed by atoms with E-state index in [1.54, 1.807) is 0 Å². The number of hydrogen-bond donors (Lipinski definition) is 1. The normalized spacial score (nSPS) is 15.4. The van der Waals surface area contributed by atoms with Crippen LogP contribution in [0.15, 0.2) is 54.7 Å². The Morgan fingerprint density at radius 3 is 2.46 bits per heavy atom. The smallest absolute Gasteiger partial charge is 0.257 e. The van der Waals surface area contributed by atoms with E-state index >= 15 is 0 Å². The highest BCUT2D eigenvalue weighted by molar-refractivity contribution is 6.04. The van der Waals surface area contributed by atoms with E-state index in [4.69, 9.17) is 0 Å². The topological polar surface area (TPSA) is 40.0 Å². The Morgan fingerprint density at radius 1 is 0.962 bits per heavy atom. The number of rotatable bonds is 3. The lowest BCUT2D eigenvalue weighted by Gasteiger charge is -2.33. The van der Waals surface area contributed by atoms with Gasteiger partial charge in [0.2, 0.25) is 0 Å². The molecule has 134 valence electrons. The van der Waals surface area contributed by atoms with Gasteiger partial charge in [-0.15, -0.1) is 0 Å². The van der Waals surface area contributed by atoms with Crippen LogP contribution in [0.25, 0.3) is 5.52 Å². The lowest BCUT2D eigenvalue weighted by Crippen LogP contribution is -2.44. The minimum Gasteiger partial charge on any atom is -0.355 e. The summed E-state index contributed by atoms with van der Waals surface area (Å²) in [4.78, 5) is 17.4. The number of nitrogens with zero attached hydrogens (tertiary/aromatic N) is 3. The van der Waals surface area contributed by atoms with Gasteiger partial charge in [0.1, 0.15) is 5.82 Å². The first-order valence-corrected chi connectivity index (χ1v) is 9.03. The number of pyridine rings is 1. The molecular weight excluding hydrogens is 324 g/mol. The molecule has 0 unspecified atom stereocenters. The largest absolute Gasteiger partial charge is 0.355 e. The molecule has 2 aromatic heterocycles. The Labute approximate surface area is 153 Å². The van der Waals surface area contributed by atoms with Gasteiger partial charge in [0.05, 0.1) is 5.56 Å². The van der Waals surface area contributed by atoms with Crippen molar-refractivity contribution in [2.75, 3.05) is 43.4 Å². The average Bonchev–Trinajstić information content (AvgIpc) is 3.07. The molecule has 1 aromatic carbocycles. The van der Waals surface area contributed by atoms with Gasteiger partial charge in [0.15, 0.2) is 0 Å². The van der Waals surface area contributed by atoms with Gasteiger partial charge in [0, 0.05) is 43.6 Å². The van der Waals surface area contributed by atoms with E-state index in [1.807, 2.05) is 49.5 Å². The van der Waals surface area contributed by atoms with Crippen molar-refractivity contribution in [3.8, 4) is 0 Å². The molecule has 26 heavy (non-hydrogen) atoms. The molecule has 3 heterocycles. The zero-order valence-electron chi connectivity index (χ0n) is 15.3. The third-order valence-electron chi connectivity index (χ3n) is 5.11. The Kier molecular flexibility index (Phi) is 4.39. The summed E-state index contributed by atoms with van der Waals surface area (Å²) in [6.45, 7) is 6.11. The molecule has 1 aliphatic rings. The summed E-state index contributed by atoms with van der Waals surface area (Å²) in [7, 11) is 2.15. The number of carbonyl (C=O) groups excluding carboxylic acids is 1. The molecule has 1 saturated heterocycles. The molecule has 4 rings (SSSR count). The van der Waals surface area contributed by atoms with Gasteiger partial charge < -0.3 is 19.5 Å².